The quantitative estimate of drug-likeness (QED) is 0.647. The molecule has 2 amide bonds. The summed E-state index contributed by atoms with van der Waals surface area (Å²) < 4.78 is 20.7. The monoisotopic (exact) mass is 426 g/mol. The van der Waals surface area contributed by atoms with Gasteiger partial charge in [0.15, 0.2) is 5.69 Å². The van der Waals surface area contributed by atoms with Crippen LogP contribution in [0.15, 0.2) is 41.1 Å². The van der Waals surface area contributed by atoms with E-state index < -0.39 is 12.2 Å². The molecule has 0 aliphatic carbocycles. The lowest BCUT2D eigenvalue weighted by Crippen LogP contribution is -2.38. The summed E-state index contributed by atoms with van der Waals surface area (Å²) in [5, 5.41) is 14.5. The Morgan fingerprint density at radius 1 is 1.26 bits per heavy atom. The molecule has 1 aliphatic heterocycles. The summed E-state index contributed by atoms with van der Waals surface area (Å²) in [7, 11) is 0. The van der Waals surface area contributed by atoms with Crippen molar-refractivity contribution in [1.82, 2.24) is 30.4 Å². The minimum absolute atomic E-state index is 0.00727. The average molecular weight is 426 g/mol. The molecule has 1 aromatic carbocycles. The van der Waals surface area contributed by atoms with Crippen molar-refractivity contribution < 1.29 is 18.5 Å². The first-order valence-electron chi connectivity index (χ1n) is 10.0. The number of likely N-dealkylation sites (tertiary alicyclic amines) is 1. The average Bonchev–Trinajstić information content (AvgIpc) is 3.46. The Balaban J connectivity index is 1.42. The molecule has 1 saturated heterocycles. The summed E-state index contributed by atoms with van der Waals surface area (Å²) in [5.74, 6) is -0.266. The molecule has 1 fully saturated rings. The number of hydrogen-bond acceptors (Lipinski definition) is 6. The lowest BCUT2D eigenvalue weighted by Gasteiger charge is -2.24. The van der Waals surface area contributed by atoms with Crippen LogP contribution in [0.3, 0.4) is 0 Å². The fourth-order valence-corrected chi connectivity index (χ4v) is 3.79. The summed E-state index contributed by atoms with van der Waals surface area (Å²) in [6, 6.07) is 9.10. The lowest BCUT2D eigenvalue weighted by atomic mass is 10.1. The molecule has 0 radical (unpaired) electrons. The molecule has 0 spiro atoms. The van der Waals surface area contributed by atoms with Gasteiger partial charge < -0.3 is 14.7 Å². The van der Waals surface area contributed by atoms with Crippen molar-refractivity contribution in [3.63, 3.8) is 0 Å². The van der Waals surface area contributed by atoms with Gasteiger partial charge in [-0.25, -0.2) is 9.07 Å². The Bertz CT molecular complexity index is 1060. The van der Waals surface area contributed by atoms with Crippen LogP contribution in [0, 0.1) is 13.8 Å². The molecule has 31 heavy (non-hydrogen) atoms. The number of carbonyl (C=O) groups is 2. The van der Waals surface area contributed by atoms with Crippen molar-refractivity contribution in [2.75, 3.05) is 6.54 Å². The van der Waals surface area contributed by atoms with Crippen molar-refractivity contribution >= 4 is 11.8 Å². The zero-order valence-corrected chi connectivity index (χ0v) is 17.3. The van der Waals surface area contributed by atoms with Crippen LogP contribution in [0.1, 0.15) is 44.3 Å². The first-order chi connectivity index (χ1) is 14.9. The van der Waals surface area contributed by atoms with Gasteiger partial charge in [0.25, 0.3) is 11.8 Å². The van der Waals surface area contributed by atoms with Gasteiger partial charge >= 0.3 is 0 Å². The van der Waals surface area contributed by atoms with Crippen molar-refractivity contribution in [3.8, 4) is 0 Å². The predicted octanol–water partition coefficient (Wildman–Crippen LogP) is 2.07. The van der Waals surface area contributed by atoms with Gasteiger partial charge in [-0.15, -0.1) is 5.10 Å². The first kappa shape index (κ1) is 20.7. The largest absolute Gasteiger partial charge is 0.361 e. The van der Waals surface area contributed by atoms with Crippen LogP contribution in [0.2, 0.25) is 0 Å². The van der Waals surface area contributed by atoms with E-state index in [-0.39, 0.29) is 37.0 Å². The maximum absolute atomic E-state index is 14.2. The zero-order chi connectivity index (χ0) is 22.0. The molecule has 2 atom stereocenters. The van der Waals surface area contributed by atoms with Gasteiger partial charge in [-0.2, -0.15) is 0 Å². The number of carbonyl (C=O) groups excluding carboxylic acids is 2. The van der Waals surface area contributed by atoms with Gasteiger partial charge in [-0.3, -0.25) is 9.59 Å². The van der Waals surface area contributed by atoms with E-state index in [1.54, 1.807) is 13.8 Å². The van der Waals surface area contributed by atoms with Gasteiger partial charge in [0.2, 0.25) is 0 Å². The fraction of sp³-hybridized carbons (Fsp3) is 0.381. The molecule has 3 aromatic rings. The van der Waals surface area contributed by atoms with Gasteiger partial charge in [-0.05, 0) is 19.4 Å². The van der Waals surface area contributed by atoms with Crippen LogP contribution >= 0.6 is 0 Å². The number of amides is 2. The molecule has 9 nitrogen and oxygen atoms in total. The lowest BCUT2D eigenvalue weighted by molar-refractivity contribution is 0.0711. The molecule has 4 rings (SSSR count). The van der Waals surface area contributed by atoms with Crippen LogP contribution in [-0.4, -0.2) is 55.6 Å². The second-order valence-corrected chi connectivity index (χ2v) is 7.64. The van der Waals surface area contributed by atoms with E-state index in [0.717, 1.165) is 5.56 Å². The molecular formula is C21H23FN6O3. The van der Waals surface area contributed by atoms with Crippen molar-refractivity contribution in [3.05, 3.63) is 64.8 Å². The summed E-state index contributed by atoms with van der Waals surface area (Å²) in [6.07, 6.45) is 0.557. The number of aryl methyl sites for hydroxylation is 2. The molecule has 2 unspecified atom stereocenters. The molecule has 1 aliphatic rings. The number of nitrogens with one attached hydrogen (secondary N) is 1. The van der Waals surface area contributed by atoms with Gasteiger partial charge in [-0.1, -0.05) is 40.7 Å². The fourth-order valence-electron chi connectivity index (χ4n) is 3.79. The van der Waals surface area contributed by atoms with E-state index in [2.05, 4.69) is 20.8 Å². The molecular weight excluding hydrogens is 403 g/mol. The zero-order valence-electron chi connectivity index (χ0n) is 17.3. The van der Waals surface area contributed by atoms with Crippen LogP contribution < -0.4 is 5.32 Å². The third-order valence-electron chi connectivity index (χ3n) is 5.34. The highest BCUT2D eigenvalue weighted by molar-refractivity contribution is 5.96. The topological polar surface area (TPSA) is 106 Å². The molecule has 0 saturated carbocycles. The number of hydrogen-bond donors (Lipinski definition) is 1. The molecule has 0 bridgehead atoms. The molecule has 2 aromatic heterocycles. The molecule has 162 valence electrons. The standard InChI is InChI=1S/C21H23FN6O3/c1-13-19(14(2)31-25-13)21(30)28-10-16(22)8-17(28)11-27-12-18(24-26-27)20(29)23-9-15-6-4-3-5-7-15/h3-7,12,16-17H,8-11H2,1-2H3,(H,23,29). The number of benzene rings is 1. The smallest absolute Gasteiger partial charge is 0.273 e. The van der Waals surface area contributed by atoms with Crippen molar-refractivity contribution in [1.29, 1.82) is 0 Å². The SMILES string of the molecule is Cc1noc(C)c1C(=O)N1CC(F)CC1Cn1cc(C(=O)NCc2ccccc2)nn1. The van der Waals surface area contributed by atoms with Gasteiger partial charge in [0.1, 0.15) is 17.5 Å². The van der Waals surface area contributed by atoms with E-state index in [9.17, 15) is 14.0 Å². The number of nitrogens with zero attached hydrogens (tertiary/aromatic N) is 5. The van der Waals surface area contributed by atoms with E-state index in [0.29, 0.717) is 23.6 Å². The summed E-state index contributed by atoms with van der Waals surface area (Å²) in [4.78, 5) is 26.8. The number of aromatic nitrogens is 4. The van der Waals surface area contributed by atoms with Crippen LogP contribution in [0.25, 0.3) is 0 Å². The third-order valence-corrected chi connectivity index (χ3v) is 5.34. The van der Waals surface area contributed by atoms with Crippen LogP contribution in [0.4, 0.5) is 4.39 Å². The van der Waals surface area contributed by atoms with Crippen LogP contribution in [0.5, 0.6) is 0 Å². The van der Waals surface area contributed by atoms with E-state index in [1.165, 1.54) is 15.8 Å². The molecule has 10 heteroatoms. The Morgan fingerprint density at radius 2 is 2.03 bits per heavy atom. The van der Waals surface area contributed by atoms with Gasteiger partial charge in [0.05, 0.1) is 31.0 Å². The van der Waals surface area contributed by atoms with E-state index in [4.69, 9.17) is 4.52 Å². The highest BCUT2D eigenvalue weighted by Crippen LogP contribution is 2.26. The van der Waals surface area contributed by atoms with Crippen LogP contribution in [-0.2, 0) is 13.1 Å². The maximum atomic E-state index is 14.2. The van der Waals surface area contributed by atoms with Gasteiger partial charge in [0, 0.05) is 13.0 Å². The minimum Gasteiger partial charge on any atom is -0.361 e. The normalized spacial score (nSPS) is 18.4. The summed E-state index contributed by atoms with van der Waals surface area (Å²) in [5.41, 5.74) is 1.96. The van der Waals surface area contributed by atoms with E-state index in [1.807, 2.05) is 30.3 Å². The van der Waals surface area contributed by atoms with Crippen molar-refractivity contribution in [2.24, 2.45) is 0 Å². The first-order valence-corrected chi connectivity index (χ1v) is 10.0. The highest BCUT2D eigenvalue weighted by Gasteiger charge is 2.38. The minimum atomic E-state index is -1.13. The molecule has 3 heterocycles. The predicted molar refractivity (Wildman–Crippen MR) is 108 cm³/mol. The Kier molecular flexibility index (Phi) is 5.79. The number of rotatable bonds is 6. The van der Waals surface area contributed by atoms with Crippen molar-refractivity contribution in [2.45, 2.75) is 45.6 Å². The maximum Gasteiger partial charge on any atom is 0.273 e. The van der Waals surface area contributed by atoms with E-state index >= 15 is 0 Å². The third kappa shape index (κ3) is 4.47. The Morgan fingerprint density at radius 3 is 2.74 bits per heavy atom. The highest BCUT2D eigenvalue weighted by atomic mass is 19.1. The Hall–Kier alpha value is -3.56. The number of alkyl halides is 1. The number of halogens is 1. The second kappa shape index (κ2) is 8.66. The second-order valence-electron chi connectivity index (χ2n) is 7.64. The summed E-state index contributed by atoms with van der Waals surface area (Å²) >= 11 is 0. The molecule has 1 N–H and O–H groups in total. The Labute approximate surface area is 178 Å². The summed E-state index contributed by atoms with van der Waals surface area (Å²) in [6.45, 7) is 3.93.